The lowest BCUT2D eigenvalue weighted by atomic mass is 10.1. The van der Waals surface area contributed by atoms with Crippen molar-refractivity contribution in [3.05, 3.63) is 47.6 Å². The number of hydrogen-bond acceptors (Lipinski definition) is 6. The minimum atomic E-state index is -0.519. The van der Waals surface area contributed by atoms with E-state index < -0.39 is 5.82 Å². The number of rotatable bonds is 3. The molecule has 0 aromatic carbocycles. The molecule has 1 N–H and O–H groups in total. The van der Waals surface area contributed by atoms with Crippen LogP contribution in [0.3, 0.4) is 0 Å². The highest BCUT2D eigenvalue weighted by molar-refractivity contribution is 7.17. The van der Waals surface area contributed by atoms with E-state index in [0.29, 0.717) is 13.1 Å². The Balaban J connectivity index is 1.42. The lowest BCUT2D eigenvalue weighted by Crippen LogP contribution is -2.59. The Hall–Kier alpha value is -2.61. The third-order valence-corrected chi connectivity index (χ3v) is 4.61. The number of carbonyl (C=O) groups excluding carboxylic acids is 1. The van der Waals surface area contributed by atoms with Crippen LogP contribution in [0, 0.1) is 5.82 Å². The predicted molar refractivity (Wildman–Crippen MR) is 85.1 cm³/mol. The van der Waals surface area contributed by atoms with Gasteiger partial charge < -0.3 is 10.2 Å². The molecule has 1 amide bonds. The minimum absolute atomic E-state index is 0.00995. The summed E-state index contributed by atoms with van der Waals surface area (Å²) >= 11 is 1.60. The molecule has 0 atom stereocenters. The van der Waals surface area contributed by atoms with Crippen molar-refractivity contribution in [3.8, 4) is 0 Å². The molecule has 4 rings (SSSR count). The van der Waals surface area contributed by atoms with Gasteiger partial charge in [0.25, 0.3) is 5.91 Å². The van der Waals surface area contributed by atoms with Crippen LogP contribution in [0.4, 0.5) is 10.2 Å². The van der Waals surface area contributed by atoms with Gasteiger partial charge in [0, 0.05) is 19.3 Å². The first-order chi connectivity index (χ1) is 11.2. The lowest BCUT2D eigenvalue weighted by Gasteiger charge is -2.40. The second-order valence-corrected chi connectivity index (χ2v) is 6.22. The van der Waals surface area contributed by atoms with Crippen molar-refractivity contribution in [1.29, 1.82) is 0 Å². The molecule has 1 aliphatic rings. The molecule has 4 heterocycles. The number of carbonyl (C=O) groups is 1. The maximum atomic E-state index is 13.1. The Morgan fingerprint density at radius 2 is 2.22 bits per heavy atom. The second-order valence-electron chi connectivity index (χ2n) is 5.30. The summed E-state index contributed by atoms with van der Waals surface area (Å²) in [4.78, 5) is 26.4. The number of halogens is 1. The maximum absolute atomic E-state index is 13.1. The number of fused-ring (bicyclic) bond motifs is 1. The van der Waals surface area contributed by atoms with E-state index in [4.69, 9.17) is 0 Å². The fraction of sp³-hybridized carbons (Fsp3) is 0.200. The van der Waals surface area contributed by atoms with Crippen molar-refractivity contribution in [3.63, 3.8) is 0 Å². The van der Waals surface area contributed by atoms with Gasteiger partial charge in [0.1, 0.15) is 18.0 Å². The van der Waals surface area contributed by atoms with Gasteiger partial charge in [-0.1, -0.05) is 0 Å². The van der Waals surface area contributed by atoms with E-state index in [0.717, 1.165) is 22.2 Å². The van der Waals surface area contributed by atoms with Crippen molar-refractivity contribution < 1.29 is 9.18 Å². The van der Waals surface area contributed by atoms with Crippen LogP contribution in [-0.4, -0.2) is 40.0 Å². The molecule has 6 nitrogen and oxygen atoms in total. The normalized spacial score (nSPS) is 14.7. The standard InChI is InChI=1S/C15H12FN5OS/c16-10-3-9(4-17-5-10)15(22)20-11-6-21(7-11)14-13-12(1-2-23-13)18-8-19-14/h1-5,8,11H,6-7H2,(H,20,22). The summed E-state index contributed by atoms with van der Waals surface area (Å²) in [6.45, 7) is 1.33. The molecule has 1 saturated heterocycles. The van der Waals surface area contributed by atoms with Crippen molar-refractivity contribution in [2.75, 3.05) is 18.0 Å². The minimum Gasteiger partial charge on any atom is -0.351 e. The summed E-state index contributed by atoms with van der Waals surface area (Å²) in [5.41, 5.74) is 1.16. The number of nitrogens with one attached hydrogen (secondary N) is 1. The van der Waals surface area contributed by atoms with Crippen LogP contribution < -0.4 is 10.2 Å². The molecule has 3 aromatic rings. The number of amides is 1. The van der Waals surface area contributed by atoms with Gasteiger partial charge in [-0.05, 0) is 17.5 Å². The Bertz CT molecular complexity index is 877. The summed E-state index contributed by atoms with van der Waals surface area (Å²) in [5.74, 6) is 0.0579. The lowest BCUT2D eigenvalue weighted by molar-refractivity contribution is 0.0929. The maximum Gasteiger partial charge on any atom is 0.253 e. The molecule has 1 fully saturated rings. The van der Waals surface area contributed by atoms with Crippen molar-refractivity contribution in [1.82, 2.24) is 20.3 Å². The van der Waals surface area contributed by atoms with Gasteiger partial charge in [0.15, 0.2) is 0 Å². The quantitative estimate of drug-likeness (QED) is 0.794. The highest BCUT2D eigenvalue weighted by Crippen LogP contribution is 2.30. The van der Waals surface area contributed by atoms with E-state index >= 15 is 0 Å². The molecule has 0 unspecified atom stereocenters. The van der Waals surface area contributed by atoms with Gasteiger partial charge in [0.2, 0.25) is 0 Å². The van der Waals surface area contributed by atoms with Gasteiger partial charge in [-0.25, -0.2) is 14.4 Å². The number of pyridine rings is 1. The molecule has 0 saturated carbocycles. The zero-order valence-electron chi connectivity index (χ0n) is 11.9. The van der Waals surface area contributed by atoms with Gasteiger partial charge in [0.05, 0.1) is 28.0 Å². The largest absolute Gasteiger partial charge is 0.351 e. The van der Waals surface area contributed by atoms with Crippen LogP contribution in [0.15, 0.2) is 36.2 Å². The van der Waals surface area contributed by atoms with Gasteiger partial charge in [-0.3, -0.25) is 9.78 Å². The van der Waals surface area contributed by atoms with Crippen LogP contribution in [0.5, 0.6) is 0 Å². The first-order valence-electron chi connectivity index (χ1n) is 7.05. The Kier molecular flexibility index (Phi) is 3.38. The van der Waals surface area contributed by atoms with Crippen LogP contribution in [0.2, 0.25) is 0 Å². The van der Waals surface area contributed by atoms with Crippen LogP contribution in [0.1, 0.15) is 10.4 Å². The van der Waals surface area contributed by atoms with Crippen LogP contribution in [-0.2, 0) is 0 Å². The topological polar surface area (TPSA) is 71.0 Å². The average molecular weight is 329 g/mol. The molecule has 1 aliphatic heterocycles. The fourth-order valence-electron chi connectivity index (χ4n) is 2.55. The van der Waals surface area contributed by atoms with E-state index in [1.165, 1.54) is 12.3 Å². The van der Waals surface area contributed by atoms with E-state index in [2.05, 4.69) is 25.2 Å². The number of thiophene rings is 1. The first-order valence-corrected chi connectivity index (χ1v) is 7.93. The number of anilines is 1. The van der Waals surface area contributed by atoms with Crippen molar-refractivity contribution in [2.24, 2.45) is 0 Å². The molecule has 0 aliphatic carbocycles. The van der Waals surface area contributed by atoms with E-state index in [9.17, 15) is 9.18 Å². The smallest absolute Gasteiger partial charge is 0.253 e. The van der Waals surface area contributed by atoms with Crippen molar-refractivity contribution >= 4 is 33.3 Å². The first kappa shape index (κ1) is 14.0. The van der Waals surface area contributed by atoms with Gasteiger partial charge in [-0.2, -0.15) is 0 Å². The zero-order valence-corrected chi connectivity index (χ0v) is 12.8. The second kappa shape index (κ2) is 5.54. The highest BCUT2D eigenvalue weighted by atomic mass is 32.1. The zero-order chi connectivity index (χ0) is 15.8. The third kappa shape index (κ3) is 2.61. The Morgan fingerprint density at radius 3 is 3.04 bits per heavy atom. The number of aromatic nitrogens is 3. The Labute approximate surface area is 135 Å². The number of hydrogen-bond donors (Lipinski definition) is 1. The Morgan fingerprint density at radius 1 is 1.35 bits per heavy atom. The summed E-state index contributed by atoms with van der Waals surface area (Å²) in [6, 6.07) is 3.15. The molecule has 0 bridgehead atoms. The van der Waals surface area contributed by atoms with E-state index in [1.54, 1.807) is 17.7 Å². The van der Waals surface area contributed by atoms with Crippen LogP contribution >= 0.6 is 11.3 Å². The molecular formula is C15H12FN5OS. The van der Waals surface area contributed by atoms with E-state index in [1.807, 2.05) is 11.4 Å². The molecular weight excluding hydrogens is 317 g/mol. The molecule has 23 heavy (non-hydrogen) atoms. The van der Waals surface area contributed by atoms with Gasteiger partial charge >= 0.3 is 0 Å². The summed E-state index contributed by atoms with van der Waals surface area (Å²) in [6.07, 6.45) is 3.98. The molecule has 3 aromatic heterocycles. The molecule has 8 heteroatoms. The summed E-state index contributed by atoms with van der Waals surface area (Å²) in [7, 11) is 0. The highest BCUT2D eigenvalue weighted by Gasteiger charge is 2.30. The third-order valence-electron chi connectivity index (χ3n) is 3.71. The SMILES string of the molecule is O=C(NC1CN(c2ncnc3ccsc23)C1)c1cncc(F)c1. The summed E-state index contributed by atoms with van der Waals surface area (Å²) in [5, 5.41) is 4.86. The molecule has 0 radical (unpaired) electrons. The average Bonchev–Trinajstić information content (AvgIpc) is 2.99. The van der Waals surface area contributed by atoms with Crippen molar-refractivity contribution in [2.45, 2.75) is 6.04 Å². The van der Waals surface area contributed by atoms with Gasteiger partial charge in [-0.15, -0.1) is 11.3 Å². The fourth-order valence-corrected chi connectivity index (χ4v) is 3.41. The molecule has 116 valence electrons. The summed E-state index contributed by atoms with van der Waals surface area (Å²) < 4.78 is 14.1. The molecule has 0 spiro atoms. The van der Waals surface area contributed by atoms with E-state index in [-0.39, 0.29) is 17.5 Å². The van der Waals surface area contributed by atoms with Crippen LogP contribution in [0.25, 0.3) is 10.2 Å². The number of nitrogens with zero attached hydrogens (tertiary/aromatic N) is 4. The monoisotopic (exact) mass is 329 g/mol. The predicted octanol–water partition coefficient (Wildman–Crippen LogP) is 1.84.